The normalized spacial score (nSPS) is 10.4. The van der Waals surface area contributed by atoms with E-state index in [4.69, 9.17) is 0 Å². The lowest BCUT2D eigenvalue weighted by Crippen LogP contribution is -2.00. The van der Waals surface area contributed by atoms with Crippen LogP contribution in [-0.4, -0.2) is 31.9 Å². The first-order chi connectivity index (χ1) is 11.6. The first-order valence-corrected chi connectivity index (χ1v) is 9.25. The number of unbranched alkanes of at least 4 members (excludes halogenated alkanes) is 8. The lowest BCUT2D eigenvalue weighted by molar-refractivity contribution is -0.141. The smallest absolute Gasteiger partial charge is 0.305 e. The Morgan fingerprint density at radius 1 is 0.500 bits per heavy atom. The Balaban J connectivity index is 3.27. The minimum Gasteiger partial charge on any atom is -0.469 e. The van der Waals surface area contributed by atoms with Gasteiger partial charge in [-0.1, -0.05) is 38.5 Å². The lowest BCUT2D eigenvalue weighted by atomic mass is 10.0. The fraction of sp³-hybridized carbons (Fsp3) is 0.842. The van der Waals surface area contributed by atoms with Crippen LogP contribution in [0.4, 0.5) is 0 Å². The first kappa shape index (κ1) is 22.6. The van der Waals surface area contributed by atoms with Gasteiger partial charge in [0.2, 0.25) is 0 Å². The molecule has 0 spiro atoms. The van der Waals surface area contributed by atoms with Gasteiger partial charge in [-0.3, -0.25) is 14.4 Å². The van der Waals surface area contributed by atoms with Crippen LogP contribution in [0, 0.1) is 0 Å². The van der Waals surface area contributed by atoms with Gasteiger partial charge < -0.3 is 9.47 Å². The van der Waals surface area contributed by atoms with E-state index in [1.165, 1.54) is 14.2 Å². The van der Waals surface area contributed by atoms with Crippen LogP contribution in [0.1, 0.15) is 89.9 Å². The zero-order valence-corrected chi connectivity index (χ0v) is 15.4. The zero-order valence-electron chi connectivity index (χ0n) is 15.4. The molecule has 140 valence electrons. The molecule has 0 amide bonds. The molecule has 0 bridgehead atoms. The number of ketones is 1. The van der Waals surface area contributed by atoms with Gasteiger partial charge >= 0.3 is 11.9 Å². The van der Waals surface area contributed by atoms with Crippen LogP contribution < -0.4 is 0 Å². The predicted octanol–water partition coefficient (Wildman–Crippen LogP) is 4.36. The predicted molar refractivity (Wildman–Crippen MR) is 93.7 cm³/mol. The third-order valence-electron chi connectivity index (χ3n) is 4.13. The maximum atomic E-state index is 11.8. The van der Waals surface area contributed by atoms with Crippen molar-refractivity contribution in [2.75, 3.05) is 14.2 Å². The van der Waals surface area contributed by atoms with E-state index in [-0.39, 0.29) is 11.9 Å². The van der Waals surface area contributed by atoms with Gasteiger partial charge in [-0.05, 0) is 25.7 Å². The quantitative estimate of drug-likeness (QED) is 0.308. The topological polar surface area (TPSA) is 69.7 Å². The second kappa shape index (κ2) is 16.5. The van der Waals surface area contributed by atoms with Crippen LogP contribution in [0.25, 0.3) is 0 Å². The molecule has 0 aromatic carbocycles. The summed E-state index contributed by atoms with van der Waals surface area (Å²) in [6, 6.07) is 0. The van der Waals surface area contributed by atoms with Crippen LogP contribution in [0.2, 0.25) is 0 Å². The second-order valence-corrected chi connectivity index (χ2v) is 6.23. The van der Waals surface area contributed by atoms with Gasteiger partial charge in [0.15, 0.2) is 0 Å². The number of Topliss-reactive ketones (excluding diaryl/α,β-unsaturated/α-hetero) is 1. The number of hydrogen-bond acceptors (Lipinski definition) is 5. The van der Waals surface area contributed by atoms with Crippen LogP contribution in [0.15, 0.2) is 0 Å². The van der Waals surface area contributed by atoms with Crippen LogP contribution in [0.5, 0.6) is 0 Å². The van der Waals surface area contributed by atoms with Crippen molar-refractivity contribution in [2.45, 2.75) is 89.9 Å². The zero-order chi connectivity index (χ0) is 18.0. The molecule has 0 saturated heterocycles. The van der Waals surface area contributed by atoms with Gasteiger partial charge in [-0.15, -0.1) is 0 Å². The van der Waals surface area contributed by atoms with Crippen molar-refractivity contribution < 1.29 is 23.9 Å². The second-order valence-electron chi connectivity index (χ2n) is 6.23. The highest BCUT2D eigenvalue weighted by Crippen LogP contribution is 2.12. The number of hydrogen-bond donors (Lipinski definition) is 0. The number of esters is 2. The molecule has 0 rings (SSSR count). The number of ether oxygens (including phenoxy) is 2. The molecule has 0 aliphatic rings. The molecule has 5 nitrogen and oxygen atoms in total. The highest BCUT2D eigenvalue weighted by molar-refractivity contribution is 5.78. The SMILES string of the molecule is COC(=O)CCCCCCCC(=O)CCCCCCCC(=O)OC. The van der Waals surface area contributed by atoms with Crippen molar-refractivity contribution in [3.8, 4) is 0 Å². The summed E-state index contributed by atoms with van der Waals surface area (Å²) in [6.07, 6.45) is 12.3. The molecule has 0 aromatic heterocycles. The molecular weight excluding hydrogens is 308 g/mol. The maximum absolute atomic E-state index is 11.8. The minimum absolute atomic E-state index is 0.143. The molecule has 5 heteroatoms. The maximum Gasteiger partial charge on any atom is 0.305 e. The highest BCUT2D eigenvalue weighted by atomic mass is 16.5. The van der Waals surface area contributed by atoms with Crippen molar-refractivity contribution >= 4 is 17.7 Å². The Labute approximate surface area is 146 Å². The van der Waals surface area contributed by atoms with Gasteiger partial charge in [0, 0.05) is 25.7 Å². The molecule has 0 aliphatic heterocycles. The highest BCUT2D eigenvalue weighted by Gasteiger charge is 2.03. The van der Waals surface area contributed by atoms with Crippen LogP contribution in [0.3, 0.4) is 0 Å². The molecular formula is C19H34O5. The Hall–Kier alpha value is -1.39. The lowest BCUT2D eigenvalue weighted by Gasteiger charge is -2.03. The summed E-state index contributed by atoms with van der Waals surface area (Å²) < 4.78 is 9.18. The van der Waals surface area contributed by atoms with Crippen molar-refractivity contribution in [3.05, 3.63) is 0 Å². The summed E-state index contributed by atoms with van der Waals surface area (Å²) >= 11 is 0. The fourth-order valence-corrected chi connectivity index (χ4v) is 2.57. The largest absolute Gasteiger partial charge is 0.469 e. The molecule has 0 heterocycles. The van der Waals surface area contributed by atoms with E-state index < -0.39 is 0 Å². The average molecular weight is 342 g/mol. The minimum atomic E-state index is -0.143. The molecule has 0 radical (unpaired) electrons. The third-order valence-corrected chi connectivity index (χ3v) is 4.13. The molecule has 0 aliphatic carbocycles. The summed E-state index contributed by atoms with van der Waals surface area (Å²) in [7, 11) is 2.83. The molecule has 0 atom stereocenters. The van der Waals surface area contributed by atoms with E-state index in [0.29, 0.717) is 31.5 Å². The third kappa shape index (κ3) is 15.5. The van der Waals surface area contributed by atoms with E-state index in [2.05, 4.69) is 9.47 Å². The van der Waals surface area contributed by atoms with Gasteiger partial charge in [0.25, 0.3) is 0 Å². The molecule has 0 fully saturated rings. The van der Waals surface area contributed by atoms with Crippen LogP contribution in [-0.2, 0) is 23.9 Å². The Kier molecular flexibility index (Phi) is 15.5. The summed E-state index contributed by atoms with van der Waals surface area (Å²) in [5.41, 5.74) is 0. The Bertz CT molecular complexity index is 320. The molecule has 0 unspecified atom stereocenters. The van der Waals surface area contributed by atoms with Crippen molar-refractivity contribution in [3.63, 3.8) is 0 Å². The summed E-state index contributed by atoms with van der Waals surface area (Å²) in [5.74, 6) is 0.0741. The van der Waals surface area contributed by atoms with E-state index in [9.17, 15) is 14.4 Å². The number of rotatable bonds is 16. The molecule has 0 saturated carbocycles. The number of methoxy groups -OCH3 is 2. The van der Waals surface area contributed by atoms with Crippen molar-refractivity contribution in [1.29, 1.82) is 0 Å². The Morgan fingerprint density at radius 2 is 0.792 bits per heavy atom. The van der Waals surface area contributed by atoms with Gasteiger partial charge in [0.1, 0.15) is 5.78 Å². The summed E-state index contributed by atoms with van der Waals surface area (Å²) in [5, 5.41) is 0. The van der Waals surface area contributed by atoms with Crippen molar-refractivity contribution in [1.82, 2.24) is 0 Å². The molecule has 0 N–H and O–H groups in total. The number of carbonyl (C=O) groups excluding carboxylic acids is 3. The molecule has 0 aromatic rings. The summed E-state index contributed by atoms with van der Waals surface area (Å²) in [4.78, 5) is 33.6. The van der Waals surface area contributed by atoms with E-state index in [1.54, 1.807) is 0 Å². The van der Waals surface area contributed by atoms with Crippen molar-refractivity contribution in [2.24, 2.45) is 0 Å². The van der Waals surface area contributed by atoms with Crippen LogP contribution >= 0.6 is 0 Å². The van der Waals surface area contributed by atoms with Gasteiger partial charge in [0.05, 0.1) is 14.2 Å². The molecule has 24 heavy (non-hydrogen) atoms. The summed E-state index contributed by atoms with van der Waals surface area (Å²) in [6.45, 7) is 0. The van der Waals surface area contributed by atoms with E-state index >= 15 is 0 Å². The van der Waals surface area contributed by atoms with E-state index in [0.717, 1.165) is 64.2 Å². The standard InChI is InChI=1S/C19H34O5/c1-23-18(21)15-11-7-3-5-9-13-17(20)14-10-6-4-8-12-16-19(22)24-2/h3-16H2,1-2H3. The fourth-order valence-electron chi connectivity index (χ4n) is 2.57. The van der Waals surface area contributed by atoms with Gasteiger partial charge in [-0.25, -0.2) is 0 Å². The number of carbonyl (C=O) groups is 3. The van der Waals surface area contributed by atoms with Gasteiger partial charge in [-0.2, -0.15) is 0 Å². The van der Waals surface area contributed by atoms with E-state index in [1.807, 2.05) is 0 Å². The Morgan fingerprint density at radius 3 is 1.12 bits per heavy atom. The monoisotopic (exact) mass is 342 g/mol. The average Bonchev–Trinajstić information content (AvgIpc) is 2.59. The first-order valence-electron chi connectivity index (χ1n) is 9.25.